The molecule has 0 radical (unpaired) electrons. The highest BCUT2D eigenvalue weighted by Crippen LogP contribution is 2.31. The molecule has 10 heteroatoms. The Hall–Kier alpha value is -1.80. The Morgan fingerprint density at radius 1 is 1.55 bits per heavy atom. The number of nitrogen functional groups attached to an aromatic ring is 1. The van der Waals surface area contributed by atoms with Gasteiger partial charge in [0, 0.05) is 12.7 Å². The van der Waals surface area contributed by atoms with Crippen LogP contribution in [0.5, 0.6) is 0 Å². The van der Waals surface area contributed by atoms with E-state index in [1.54, 1.807) is 6.08 Å². The molecule has 1 rings (SSSR count). The molecule has 1 unspecified atom stereocenters. The van der Waals surface area contributed by atoms with Crippen LogP contribution in [-0.4, -0.2) is 42.9 Å². The predicted molar refractivity (Wildman–Crippen MR) is 70.8 cm³/mol. The minimum Gasteiger partial charge on any atom is -0.479 e. The van der Waals surface area contributed by atoms with Crippen molar-refractivity contribution in [2.24, 2.45) is 0 Å². The predicted octanol–water partition coefficient (Wildman–Crippen LogP) is -0.895. The van der Waals surface area contributed by atoms with Crippen molar-refractivity contribution in [1.29, 1.82) is 0 Å². The molecule has 1 aromatic heterocycles. The van der Waals surface area contributed by atoms with Crippen molar-refractivity contribution >= 4 is 20.2 Å². The fourth-order valence-corrected chi connectivity index (χ4v) is 1.64. The van der Waals surface area contributed by atoms with Gasteiger partial charge in [0.15, 0.2) is 0 Å². The zero-order valence-electron chi connectivity index (χ0n) is 10.3. The number of carboxylic acid groups (broad SMARTS) is 1. The first-order valence-electron chi connectivity index (χ1n) is 5.41. The van der Waals surface area contributed by atoms with Gasteiger partial charge < -0.3 is 25.4 Å². The lowest BCUT2D eigenvalue weighted by Gasteiger charge is -2.12. The quantitative estimate of drug-likeness (QED) is 0.374. The number of hydrogen-bond acceptors (Lipinski definition) is 7. The minimum atomic E-state index is -2.71. The summed E-state index contributed by atoms with van der Waals surface area (Å²) in [7, 11) is -2.71. The van der Waals surface area contributed by atoms with Crippen molar-refractivity contribution in [1.82, 2.24) is 9.55 Å². The Balaban J connectivity index is 2.46. The van der Waals surface area contributed by atoms with Crippen LogP contribution in [0.3, 0.4) is 0 Å². The molecule has 0 saturated heterocycles. The highest BCUT2D eigenvalue weighted by Gasteiger charge is 2.26. The van der Waals surface area contributed by atoms with E-state index in [0.29, 0.717) is 0 Å². The summed E-state index contributed by atoms with van der Waals surface area (Å²) in [6.45, 7) is 0.0777. The molecule has 0 aliphatic rings. The Morgan fingerprint density at radius 3 is 2.80 bits per heavy atom. The summed E-state index contributed by atoms with van der Waals surface area (Å²) in [6, 6.07) is 1.47. The van der Waals surface area contributed by atoms with Crippen LogP contribution in [0, 0.1) is 0 Å². The summed E-state index contributed by atoms with van der Waals surface area (Å²) in [6.07, 6.45) is 4.48. The molecule has 0 amide bonds. The number of nitrogens with zero attached hydrogens (tertiary/aromatic N) is 2. The van der Waals surface area contributed by atoms with Crippen LogP contribution < -0.4 is 11.4 Å². The molecule has 1 atom stereocenters. The van der Waals surface area contributed by atoms with E-state index in [9.17, 15) is 9.59 Å². The summed E-state index contributed by atoms with van der Waals surface area (Å²) in [5.41, 5.74) is 4.82. The highest BCUT2D eigenvalue weighted by molar-refractivity contribution is 7.46. The number of carboxylic acids is 1. The molecule has 0 saturated carbocycles. The van der Waals surface area contributed by atoms with Crippen LogP contribution >= 0.6 is 8.38 Å². The molecule has 1 heterocycles. The molecular weight excluding hydrogens is 289 g/mol. The van der Waals surface area contributed by atoms with Gasteiger partial charge in [-0.25, -0.2) is 9.59 Å². The molecule has 1 aromatic rings. The average Bonchev–Trinajstić information content (AvgIpc) is 2.34. The molecular formula is C10H14N3O6P. The molecule has 110 valence electrons. The third-order valence-corrected chi connectivity index (χ3v) is 2.93. The molecule has 0 aliphatic carbocycles. The summed E-state index contributed by atoms with van der Waals surface area (Å²) in [4.78, 5) is 43.1. The summed E-state index contributed by atoms with van der Waals surface area (Å²) >= 11 is 0. The van der Waals surface area contributed by atoms with Gasteiger partial charge in [0.05, 0.1) is 6.61 Å². The number of carbonyl (C=O) groups is 1. The molecule has 0 aromatic carbocycles. The number of allylic oxidation sites excluding steroid dienone is 1. The fourth-order valence-electron chi connectivity index (χ4n) is 1.22. The lowest BCUT2D eigenvalue weighted by atomic mass is 10.5. The third kappa shape index (κ3) is 5.06. The second kappa shape index (κ2) is 7.71. The van der Waals surface area contributed by atoms with Gasteiger partial charge in [0.1, 0.15) is 5.82 Å². The smallest absolute Gasteiger partial charge is 0.349 e. The van der Waals surface area contributed by atoms with Crippen LogP contribution in [0.15, 0.2) is 29.2 Å². The van der Waals surface area contributed by atoms with Crippen LogP contribution in [0.25, 0.3) is 0 Å². The van der Waals surface area contributed by atoms with Gasteiger partial charge in [-0.15, -0.1) is 0 Å². The maximum atomic E-state index is 11.4. The first kappa shape index (κ1) is 16.3. The number of hydrogen-bond donors (Lipinski definition) is 4. The second-order valence-electron chi connectivity index (χ2n) is 3.60. The Labute approximate surface area is 114 Å². The molecule has 0 bridgehead atoms. The fraction of sp³-hybridized carbons (Fsp3) is 0.300. The number of ether oxygens (including phenoxy) is 1. The van der Waals surface area contributed by atoms with Crippen LogP contribution in [0.2, 0.25) is 0 Å². The van der Waals surface area contributed by atoms with Crippen LogP contribution in [0.4, 0.5) is 5.82 Å². The summed E-state index contributed by atoms with van der Waals surface area (Å²) in [5, 5.41) is 8.62. The first-order chi connectivity index (χ1) is 9.41. The van der Waals surface area contributed by atoms with E-state index in [4.69, 9.17) is 25.4 Å². The molecule has 5 N–H and O–H groups in total. The molecule has 20 heavy (non-hydrogen) atoms. The van der Waals surface area contributed by atoms with Gasteiger partial charge in [-0.2, -0.15) is 4.98 Å². The van der Waals surface area contributed by atoms with Gasteiger partial charge in [-0.3, -0.25) is 4.57 Å². The molecule has 0 aliphatic heterocycles. The second-order valence-corrected chi connectivity index (χ2v) is 4.71. The number of nitrogens with two attached hydrogens (primary N) is 1. The number of aliphatic carboxylic acids is 1. The maximum absolute atomic E-state index is 11.4. The summed E-state index contributed by atoms with van der Waals surface area (Å²) in [5.74, 6) is -2.98. The maximum Gasteiger partial charge on any atom is 0.349 e. The largest absolute Gasteiger partial charge is 0.479 e. The van der Waals surface area contributed by atoms with Crippen molar-refractivity contribution in [2.45, 2.75) is 12.4 Å². The molecule has 9 nitrogen and oxygen atoms in total. The standard InChI is InChI=1S/C10H14N3O6P/c11-7-3-5-13(10(16)12-7)4-1-2-6-19-9(8(14)15)20(17)18/h1-3,5,9,17-18H,4,6H2,(H,14,15)(H2,11,12,16)/b2-1-. The van der Waals surface area contributed by atoms with Gasteiger partial charge in [0.25, 0.3) is 0 Å². The first-order valence-corrected chi connectivity index (χ1v) is 6.73. The number of rotatable bonds is 7. The SMILES string of the molecule is Nc1ccn(C/C=C\COC(C(=O)O)P(O)O)c(=O)n1. The lowest BCUT2D eigenvalue weighted by Crippen LogP contribution is -2.23. The number of anilines is 1. The van der Waals surface area contributed by atoms with Gasteiger partial charge in [-0.05, 0) is 6.07 Å². The van der Waals surface area contributed by atoms with E-state index in [1.807, 2.05) is 0 Å². The topological polar surface area (TPSA) is 148 Å². The van der Waals surface area contributed by atoms with Gasteiger partial charge >= 0.3 is 11.7 Å². The van der Waals surface area contributed by atoms with Crippen molar-refractivity contribution in [3.8, 4) is 0 Å². The van der Waals surface area contributed by atoms with Crippen molar-refractivity contribution in [2.75, 3.05) is 12.3 Å². The minimum absolute atomic E-state index is 0.127. The Kier molecular flexibility index (Phi) is 6.26. The van der Waals surface area contributed by atoms with E-state index in [2.05, 4.69) is 4.98 Å². The van der Waals surface area contributed by atoms with Gasteiger partial charge in [-0.1, -0.05) is 12.2 Å². The Morgan fingerprint density at radius 2 is 2.25 bits per heavy atom. The molecule has 0 spiro atoms. The van der Waals surface area contributed by atoms with Gasteiger partial charge in [0.2, 0.25) is 14.2 Å². The average molecular weight is 303 g/mol. The van der Waals surface area contributed by atoms with Crippen LogP contribution in [0.1, 0.15) is 0 Å². The monoisotopic (exact) mass is 303 g/mol. The van der Waals surface area contributed by atoms with E-state index in [1.165, 1.54) is 22.9 Å². The van der Waals surface area contributed by atoms with E-state index < -0.39 is 25.9 Å². The highest BCUT2D eigenvalue weighted by atomic mass is 31.2. The van der Waals surface area contributed by atoms with Crippen molar-refractivity contribution < 1.29 is 24.4 Å². The van der Waals surface area contributed by atoms with E-state index >= 15 is 0 Å². The normalized spacial score (nSPS) is 12.9. The zero-order valence-corrected chi connectivity index (χ0v) is 11.2. The van der Waals surface area contributed by atoms with E-state index in [-0.39, 0.29) is 19.0 Å². The Bertz CT molecular complexity index is 544. The van der Waals surface area contributed by atoms with Crippen LogP contribution in [-0.2, 0) is 16.1 Å². The molecule has 0 fully saturated rings. The lowest BCUT2D eigenvalue weighted by molar-refractivity contribution is -0.144. The number of aromatic nitrogens is 2. The van der Waals surface area contributed by atoms with Crippen molar-refractivity contribution in [3.63, 3.8) is 0 Å². The van der Waals surface area contributed by atoms with E-state index in [0.717, 1.165) is 0 Å². The zero-order chi connectivity index (χ0) is 15.1. The summed E-state index contributed by atoms with van der Waals surface area (Å²) < 4.78 is 6.06. The third-order valence-electron chi connectivity index (χ3n) is 2.14. The van der Waals surface area contributed by atoms with Crippen molar-refractivity contribution in [3.05, 3.63) is 34.9 Å².